The minimum absolute atomic E-state index is 0.323. The summed E-state index contributed by atoms with van der Waals surface area (Å²) >= 11 is 0. The van der Waals surface area contributed by atoms with Gasteiger partial charge >= 0.3 is 0 Å². The van der Waals surface area contributed by atoms with Gasteiger partial charge in [-0.3, -0.25) is 4.99 Å². The number of nitrogens with zero attached hydrogens (tertiary/aromatic N) is 4. The van der Waals surface area contributed by atoms with Gasteiger partial charge in [0.05, 0.1) is 12.2 Å². The number of benzene rings is 2. The molecule has 150 valence electrons. The normalized spacial score (nSPS) is 14.9. The molecule has 0 aliphatic carbocycles. The van der Waals surface area contributed by atoms with E-state index in [9.17, 15) is 5.11 Å². The second-order valence-corrected chi connectivity index (χ2v) is 6.91. The highest BCUT2D eigenvalue weighted by atomic mass is 16.5. The average Bonchev–Trinajstić information content (AvgIpc) is 3.25. The molecule has 0 saturated carbocycles. The van der Waals surface area contributed by atoms with Gasteiger partial charge < -0.3 is 24.7 Å². The van der Waals surface area contributed by atoms with Crippen LogP contribution in [0.3, 0.4) is 0 Å². The number of hydrogen-bond donors (Lipinski definition) is 2. The lowest BCUT2D eigenvalue weighted by atomic mass is 10.2. The van der Waals surface area contributed by atoms with Gasteiger partial charge in [0.2, 0.25) is 0 Å². The Morgan fingerprint density at radius 1 is 1.07 bits per heavy atom. The van der Waals surface area contributed by atoms with E-state index >= 15 is 0 Å². The van der Waals surface area contributed by atoms with Crippen molar-refractivity contribution < 1.29 is 9.63 Å². The number of aromatic hydroxyl groups is 1. The van der Waals surface area contributed by atoms with E-state index in [2.05, 4.69) is 25.3 Å². The smallest absolute Gasteiger partial charge is 0.194 e. The van der Waals surface area contributed by atoms with Gasteiger partial charge in [0.1, 0.15) is 11.4 Å². The zero-order valence-corrected chi connectivity index (χ0v) is 16.5. The van der Waals surface area contributed by atoms with Crippen molar-refractivity contribution in [2.24, 2.45) is 4.99 Å². The van der Waals surface area contributed by atoms with E-state index in [0.29, 0.717) is 12.3 Å². The van der Waals surface area contributed by atoms with E-state index in [1.165, 1.54) is 0 Å². The molecule has 2 aromatic carbocycles. The summed E-state index contributed by atoms with van der Waals surface area (Å²) in [6.45, 7) is 3.83. The molecule has 0 amide bonds. The molecule has 4 rings (SSSR count). The largest absolute Gasteiger partial charge is 0.506 e. The fourth-order valence-electron chi connectivity index (χ4n) is 3.53. The third-order valence-corrected chi connectivity index (χ3v) is 5.06. The predicted octanol–water partition coefficient (Wildman–Crippen LogP) is 2.94. The molecule has 0 spiro atoms. The topological polar surface area (TPSA) is 77.1 Å². The molecule has 2 heterocycles. The Morgan fingerprint density at radius 3 is 2.52 bits per heavy atom. The summed E-state index contributed by atoms with van der Waals surface area (Å²) in [6.07, 6.45) is 0. The molecule has 1 fully saturated rings. The minimum Gasteiger partial charge on any atom is -0.506 e. The number of phenolic OH excluding ortho intramolecular Hbond substituents is 1. The summed E-state index contributed by atoms with van der Waals surface area (Å²) in [5.74, 6) is 1.92. The summed E-state index contributed by atoms with van der Waals surface area (Å²) in [5.41, 5.74) is 2.72. The second kappa shape index (κ2) is 8.68. The summed E-state index contributed by atoms with van der Waals surface area (Å²) < 4.78 is 5.46. The first kappa shape index (κ1) is 18.9. The van der Waals surface area contributed by atoms with Crippen LogP contribution in [-0.2, 0) is 6.54 Å². The van der Waals surface area contributed by atoms with Crippen molar-refractivity contribution in [1.82, 2.24) is 15.4 Å². The van der Waals surface area contributed by atoms with E-state index in [0.717, 1.165) is 54.8 Å². The van der Waals surface area contributed by atoms with Crippen molar-refractivity contribution >= 4 is 11.6 Å². The predicted molar refractivity (Wildman–Crippen MR) is 114 cm³/mol. The molecule has 1 aromatic heterocycles. The molecule has 29 heavy (non-hydrogen) atoms. The number of anilines is 1. The van der Waals surface area contributed by atoms with E-state index < -0.39 is 0 Å². The van der Waals surface area contributed by atoms with Crippen LogP contribution in [0.5, 0.6) is 5.75 Å². The van der Waals surface area contributed by atoms with E-state index in [-0.39, 0.29) is 0 Å². The molecule has 0 bridgehead atoms. The molecule has 7 heteroatoms. The van der Waals surface area contributed by atoms with Gasteiger partial charge in [-0.15, -0.1) is 0 Å². The number of aromatic nitrogens is 1. The van der Waals surface area contributed by atoms with Crippen molar-refractivity contribution in [3.05, 3.63) is 66.4 Å². The number of aliphatic imine (C=N–C) groups is 1. The maximum absolute atomic E-state index is 10.1. The SMILES string of the molecule is CN=C(NCc1cc(-c2ccccc2)on1)N1CCN(c2ccccc2O)CC1. The highest BCUT2D eigenvalue weighted by molar-refractivity contribution is 5.80. The second-order valence-electron chi connectivity index (χ2n) is 6.91. The Labute approximate surface area is 170 Å². The van der Waals surface area contributed by atoms with Crippen LogP contribution in [0, 0.1) is 0 Å². The lowest BCUT2D eigenvalue weighted by Crippen LogP contribution is -2.52. The molecule has 3 aromatic rings. The lowest BCUT2D eigenvalue weighted by Gasteiger charge is -2.37. The Morgan fingerprint density at radius 2 is 1.79 bits per heavy atom. The molecule has 0 radical (unpaired) electrons. The zero-order chi connectivity index (χ0) is 20.1. The Bertz CT molecular complexity index is 962. The third kappa shape index (κ3) is 4.34. The van der Waals surface area contributed by atoms with Gasteiger partial charge in [0.25, 0.3) is 0 Å². The summed E-state index contributed by atoms with van der Waals surface area (Å²) in [6, 6.07) is 19.4. The molecular weight excluding hydrogens is 366 g/mol. The molecule has 2 N–H and O–H groups in total. The van der Waals surface area contributed by atoms with Gasteiger partial charge in [-0.25, -0.2) is 0 Å². The average molecular weight is 391 g/mol. The van der Waals surface area contributed by atoms with Crippen molar-refractivity contribution in [1.29, 1.82) is 0 Å². The molecule has 1 aliphatic heterocycles. The maximum atomic E-state index is 10.1. The standard InChI is InChI=1S/C22H25N5O2/c1-23-22(24-16-18-15-21(29-25-18)17-7-3-2-4-8-17)27-13-11-26(12-14-27)19-9-5-6-10-20(19)28/h2-10,15,28H,11-14,16H2,1H3,(H,23,24). The molecule has 0 atom stereocenters. The fraction of sp³-hybridized carbons (Fsp3) is 0.273. The van der Waals surface area contributed by atoms with E-state index in [1.54, 1.807) is 13.1 Å². The lowest BCUT2D eigenvalue weighted by molar-refractivity contribution is 0.368. The first-order chi connectivity index (χ1) is 14.2. The van der Waals surface area contributed by atoms with Crippen LogP contribution in [0.2, 0.25) is 0 Å². The molecule has 0 unspecified atom stereocenters. The third-order valence-electron chi connectivity index (χ3n) is 5.06. The number of phenols is 1. The van der Waals surface area contributed by atoms with Gasteiger partial charge in [0, 0.05) is 44.9 Å². The van der Waals surface area contributed by atoms with Gasteiger partial charge in [-0.1, -0.05) is 47.6 Å². The summed E-state index contributed by atoms with van der Waals surface area (Å²) in [4.78, 5) is 8.83. The van der Waals surface area contributed by atoms with Crippen molar-refractivity contribution in [3.8, 4) is 17.1 Å². The highest BCUT2D eigenvalue weighted by Gasteiger charge is 2.21. The maximum Gasteiger partial charge on any atom is 0.194 e. The summed E-state index contributed by atoms with van der Waals surface area (Å²) in [7, 11) is 1.79. The van der Waals surface area contributed by atoms with Crippen LogP contribution in [0.4, 0.5) is 5.69 Å². The van der Waals surface area contributed by atoms with E-state index in [1.807, 2.05) is 54.6 Å². The molecule has 1 aliphatic rings. The summed E-state index contributed by atoms with van der Waals surface area (Å²) in [5, 5.41) is 17.6. The Kier molecular flexibility index (Phi) is 5.65. The monoisotopic (exact) mass is 391 g/mol. The molecule has 7 nitrogen and oxygen atoms in total. The molecule has 1 saturated heterocycles. The van der Waals surface area contributed by atoms with Gasteiger partial charge in [-0.05, 0) is 12.1 Å². The first-order valence-electron chi connectivity index (χ1n) is 9.74. The van der Waals surface area contributed by atoms with Crippen LogP contribution in [0.15, 0.2) is 70.2 Å². The Hall–Kier alpha value is -3.48. The van der Waals surface area contributed by atoms with Crippen molar-refractivity contribution in [2.75, 3.05) is 38.1 Å². The first-order valence-corrected chi connectivity index (χ1v) is 9.74. The van der Waals surface area contributed by atoms with Crippen LogP contribution in [-0.4, -0.2) is 54.3 Å². The number of hydrogen-bond acceptors (Lipinski definition) is 5. The van der Waals surface area contributed by atoms with Gasteiger partial charge in [-0.2, -0.15) is 0 Å². The van der Waals surface area contributed by atoms with Crippen LogP contribution < -0.4 is 10.2 Å². The highest BCUT2D eigenvalue weighted by Crippen LogP contribution is 2.27. The minimum atomic E-state index is 0.323. The van der Waals surface area contributed by atoms with Gasteiger partial charge in [0.15, 0.2) is 11.7 Å². The number of para-hydroxylation sites is 2. The number of rotatable bonds is 4. The molecular formula is C22H25N5O2. The van der Waals surface area contributed by atoms with Crippen LogP contribution in [0.1, 0.15) is 5.69 Å². The van der Waals surface area contributed by atoms with Crippen molar-refractivity contribution in [2.45, 2.75) is 6.54 Å². The van der Waals surface area contributed by atoms with Crippen molar-refractivity contribution in [3.63, 3.8) is 0 Å². The fourth-order valence-corrected chi connectivity index (χ4v) is 3.53. The van der Waals surface area contributed by atoms with E-state index in [4.69, 9.17) is 4.52 Å². The number of piperazine rings is 1. The van der Waals surface area contributed by atoms with Crippen LogP contribution >= 0.6 is 0 Å². The Balaban J connectivity index is 1.33. The number of guanidine groups is 1. The van der Waals surface area contributed by atoms with Crippen LogP contribution in [0.25, 0.3) is 11.3 Å². The quantitative estimate of drug-likeness (QED) is 0.526. The zero-order valence-electron chi connectivity index (χ0n) is 16.5. The number of nitrogens with one attached hydrogen (secondary N) is 1.